The SMILES string of the molecule is COC(=O)c1cc(C)c(C#Cc2ccccc2NS(=O)(=O)c2ccc(OC)c3cccnc23)cc1OC. The van der Waals surface area contributed by atoms with Crippen LogP contribution in [0.15, 0.2) is 71.8 Å². The molecule has 0 aliphatic heterocycles. The summed E-state index contributed by atoms with van der Waals surface area (Å²) < 4.78 is 45.0. The summed E-state index contributed by atoms with van der Waals surface area (Å²) in [5.41, 5.74) is 2.72. The van der Waals surface area contributed by atoms with Gasteiger partial charge in [0.2, 0.25) is 0 Å². The minimum Gasteiger partial charge on any atom is -0.496 e. The summed E-state index contributed by atoms with van der Waals surface area (Å²) in [7, 11) is 0.256. The molecule has 0 aliphatic carbocycles. The minimum atomic E-state index is -4.01. The van der Waals surface area contributed by atoms with Gasteiger partial charge in [-0.05, 0) is 61.0 Å². The van der Waals surface area contributed by atoms with Gasteiger partial charge in [-0.25, -0.2) is 13.2 Å². The number of pyridine rings is 1. The Morgan fingerprint density at radius 3 is 2.35 bits per heavy atom. The maximum absolute atomic E-state index is 13.4. The van der Waals surface area contributed by atoms with Gasteiger partial charge in [0.25, 0.3) is 10.0 Å². The van der Waals surface area contributed by atoms with Crippen molar-refractivity contribution in [1.82, 2.24) is 4.98 Å². The van der Waals surface area contributed by atoms with Crippen molar-refractivity contribution in [3.63, 3.8) is 0 Å². The van der Waals surface area contributed by atoms with Crippen LogP contribution in [0.2, 0.25) is 0 Å². The Morgan fingerprint density at radius 1 is 0.892 bits per heavy atom. The third-order valence-electron chi connectivity index (χ3n) is 5.66. The lowest BCUT2D eigenvalue weighted by atomic mass is 10.0. The molecule has 0 bridgehead atoms. The molecule has 9 heteroatoms. The molecule has 8 nitrogen and oxygen atoms in total. The van der Waals surface area contributed by atoms with Gasteiger partial charge in [-0.3, -0.25) is 9.71 Å². The van der Waals surface area contributed by atoms with Crippen LogP contribution in [0, 0.1) is 18.8 Å². The highest BCUT2D eigenvalue weighted by Crippen LogP contribution is 2.31. The Labute approximate surface area is 215 Å². The highest BCUT2D eigenvalue weighted by molar-refractivity contribution is 7.93. The Hall–Kier alpha value is -4.55. The van der Waals surface area contributed by atoms with Crippen molar-refractivity contribution in [3.8, 4) is 23.3 Å². The van der Waals surface area contributed by atoms with Crippen molar-refractivity contribution < 1.29 is 27.4 Å². The zero-order valence-corrected chi connectivity index (χ0v) is 21.5. The van der Waals surface area contributed by atoms with E-state index in [1.165, 1.54) is 33.6 Å². The first-order valence-corrected chi connectivity index (χ1v) is 12.6. The molecule has 188 valence electrons. The predicted octanol–water partition coefficient (Wildman–Crippen LogP) is 4.55. The Balaban J connectivity index is 1.72. The standard InChI is InChI=1S/C28H24N2O6S/c1-18-16-22(28(31)36-4)25(35-3)17-20(18)12-11-19-8-5-6-10-23(19)30-37(32,33)26-14-13-24(34-2)21-9-7-15-29-27(21)26/h5-10,13-17,30H,1-4H3. The van der Waals surface area contributed by atoms with Crippen molar-refractivity contribution in [1.29, 1.82) is 0 Å². The quantitative estimate of drug-likeness (QED) is 0.296. The number of benzene rings is 3. The van der Waals surface area contributed by atoms with Gasteiger partial charge in [-0.15, -0.1) is 0 Å². The molecule has 0 amide bonds. The largest absolute Gasteiger partial charge is 0.496 e. The summed E-state index contributed by atoms with van der Waals surface area (Å²) >= 11 is 0. The number of hydrogen-bond acceptors (Lipinski definition) is 7. The zero-order chi connectivity index (χ0) is 26.6. The number of fused-ring (bicyclic) bond motifs is 1. The Bertz CT molecular complexity index is 1670. The highest BCUT2D eigenvalue weighted by atomic mass is 32.2. The van der Waals surface area contributed by atoms with Gasteiger partial charge in [-0.2, -0.15) is 0 Å². The average molecular weight is 517 g/mol. The Morgan fingerprint density at radius 2 is 1.62 bits per heavy atom. The van der Waals surface area contributed by atoms with E-state index in [2.05, 4.69) is 21.5 Å². The van der Waals surface area contributed by atoms with Crippen molar-refractivity contribution in [2.45, 2.75) is 11.8 Å². The van der Waals surface area contributed by atoms with E-state index in [1.54, 1.807) is 54.6 Å². The summed E-state index contributed by atoms with van der Waals surface area (Å²) in [6, 6.07) is 16.6. The summed E-state index contributed by atoms with van der Waals surface area (Å²) in [6.07, 6.45) is 1.53. The molecule has 3 aromatic carbocycles. The van der Waals surface area contributed by atoms with Crippen LogP contribution in [0.1, 0.15) is 27.0 Å². The van der Waals surface area contributed by atoms with Crippen LogP contribution in [0.4, 0.5) is 5.69 Å². The molecule has 0 atom stereocenters. The number of para-hydroxylation sites is 1. The van der Waals surface area contributed by atoms with Gasteiger partial charge in [0.1, 0.15) is 22.0 Å². The molecule has 0 aliphatic rings. The molecule has 1 heterocycles. The lowest BCUT2D eigenvalue weighted by Gasteiger charge is -2.13. The second-order valence-corrected chi connectivity index (χ2v) is 9.58. The maximum atomic E-state index is 13.4. The highest BCUT2D eigenvalue weighted by Gasteiger charge is 2.21. The van der Waals surface area contributed by atoms with Crippen LogP contribution in [0.25, 0.3) is 10.9 Å². The first kappa shape index (κ1) is 25.5. The van der Waals surface area contributed by atoms with E-state index in [9.17, 15) is 13.2 Å². The summed E-state index contributed by atoms with van der Waals surface area (Å²) in [4.78, 5) is 16.3. The number of rotatable bonds is 6. The van der Waals surface area contributed by atoms with Gasteiger partial charge >= 0.3 is 5.97 Å². The summed E-state index contributed by atoms with van der Waals surface area (Å²) in [5, 5.41) is 0.584. The molecular formula is C28H24N2O6S. The predicted molar refractivity (Wildman–Crippen MR) is 141 cm³/mol. The van der Waals surface area contributed by atoms with Crippen molar-refractivity contribution in [3.05, 3.63) is 89.1 Å². The van der Waals surface area contributed by atoms with Gasteiger partial charge in [-0.1, -0.05) is 24.0 Å². The van der Waals surface area contributed by atoms with Crippen LogP contribution in [0.3, 0.4) is 0 Å². The molecule has 0 saturated heterocycles. The zero-order valence-electron chi connectivity index (χ0n) is 20.7. The molecule has 1 N–H and O–H groups in total. The molecule has 4 rings (SSSR count). The number of nitrogens with zero attached hydrogens (tertiary/aromatic N) is 1. The first-order valence-electron chi connectivity index (χ1n) is 11.1. The van der Waals surface area contributed by atoms with E-state index in [0.717, 1.165) is 5.56 Å². The number of anilines is 1. The normalized spacial score (nSPS) is 10.8. The smallest absolute Gasteiger partial charge is 0.341 e. The minimum absolute atomic E-state index is 0.0191. The molecule has 0 radical (unpaired) electrons. The number of sulfonamides is 1. The van der Waals surface area contributed by atoms with E-state index in [1.807, 2.05) is 6.92 Å². The average Bonchev–Trinajstić information content (AvgIpc) is 2.91. The van der Waals surface area contributed by atoms with Gasteiger partial charge in [0.15, 0.2) is 0 Å². The number of methoxy groups -OCH3 is 3. The lowest BCUT2D eigenvalue weighted by Crippen LogP contribution is -2.14. The molecule has 1 aromatic heterocycles. The monoisotopic (exact) mass is 516 g/mol. The number of ether oxygens (including phenoxy) is 3. The fourth-order valence-corrected chi connectivity index (χ4v) is 5.03. The number of aryl methyl sites for hydroxylation is 1. The van der Waals surface area contributed by atoms with E-state index < -0.39 is 16.0 Å². The van der Waals surface area contributed by atoms with E-state index in [0.29, 0.717) is 44.8 Å². The van der Waals surface area contributed by atoms with Gasteiger partial charge in [0, 0.05) is 22.7 Å². The topological polar surface area (TPSA) is 104 Å². The second kappa shape index (κ2) is 10.6. The molecule has 4 aromatic rings. The molecular weight excluding hydrogens is 492 g/mol. The second-order valence-electron chi connectivity index (χ2n) is 7.93. The maximum Gasteiger partial charge on any atom is 0.341 e. The van der Waals surface area contributed by atoms with Gasteiger partial charge in [0.05, 0.1) is 32.5 Å². The summed E-state index contributed by atoms with van der Waals surface area (Å²) in [6.45, 7) is 1.81. The fraction of sp³-hybridized carbons (Fsp3) is 0.143. The number of nitrogens with one attached hydrogen (secondary N) is 1. The molecule has 0 spiro atoms. The van der Waals surface area contributed by atoms with E-state index >= 15 is 0 Å². The van der Waals surface area contributed by atoms with Crippen molar-refractivity contribution in [2.75, 3.05) is 26.1 Å². The number of esters is 1. The van der Waals surface area contributed by atoms with Crippen molar-refractivity contribution >= 4 is 32.6 Å². The fourth-order valence-electron chi connectivity index (χ4n) is 3.79. The molecule has 0 saturated carbocycles. The van der Waals surface area contributed by atoms with Crippen LogP contribution in [-0.4, -0.2) is 40.7 Å². The van der Waals surface area contributed by atoms with Crippen LogP contribution < -0.4 is 14.2 Å². The van der Waals surface area contributed by atoms with E-state index in [-0.39, 0.29) is 4.90 Å². The number of hydrogen-bond donors (Lipinski definition) is 1. The molecule has 0 unspecified atom stereocenters. The number of carbonyl (C=O) groups is 1. The lowest BCUT2D eigenvalue weighted by molar-refractivity contribution is 0.0597. The molecule has 0 fully saturated rings. The Kier molecular flexibility index (Phi) is 7.32. The summed E-state index contributed by atoms with van der Waals surface area (Å²) in [5.74, 6) is 6.42. The van der Waals surface area contributed by atoms with Crippen LogP contribution in [0.5, 0.6) is 11.5 Å². The third kappa shape index (κ3) is 5.20. The first-order chi connectivity index (χ1) is 17.8. The third-order valence-corrected chi connectivity index (χ3v) is 7.05. The molecule has 37 heavy (non-hydrogen) atoms. The van der Waals surface area contributed by atoms with Crippen LogP contribution in [-0.2, 0) is 14.8 Å². The number of aromatic nitrogens is 1. The van der Waals surface area contributed by atoms with Crippen molar-refractivity contribution in [2.24, 2.45) is 0 Å². The van der Waals surface area contributed by atoms with Crippen LogP contribution >= 0.6 is 0 Å². The number of carbonyl (C=O) groups excluding carboxylic acids is 1. The van der Waals surface area contributed by atoms with E-state index in [4.69, 9.17) is 14.2 Å². The van der Waals surface area contributed by atoms with Gasteiger partial charge < -0.3 is 14.2 Å².